The molecule has 0 unspecified atom stereocenters. The zero-order chi connectivity index (χ0) is 16.9. The van der Waals surface area contributed by atoms with Crippen LogP contribution in [0.25, 0.3) is 16.9 Å². The number of rotatable bonds is 2. The van der Waals surface area contributed by atoms with E-state index in [1.165, 1.54) is 4.90 Å². The predicted molar refractivity (Wildman–Crippen MR) is 83.2 cm³/mol. The number of imidazole rings is 1. The number of H-pyrrole nitrogens is 1. The molecule has 1 aliphatic heterocycles. The molecule has 0 bridgehead atoms. The molecule has 4 heterocycles. The molecular formula is C15H13F3N6. The van der Waals surface area contributed by atoms with Crippen LogP contribution in [0.4, 0.5) is 19.0 Å². The Morgan fingerprint density at radius 2 is 2.12 bits per heavy atom. The lowest BCUT2D eigenvalue weighted by molar-refractivity contribution is -0.144. The Labute approximate surface area is 134 Å². The molecule has 1 N–H and O–H groups in total. The van der Waals surface area contributed by atoms with E-state index in [4.69, 9.17) is 0 Å². The van der Waals surface area contributed by atoms with Crippen LogP contribution in [0.15, 0.2) is 36.0 Å². The average molecular weight is 334 g/mol. The maximum Gasteiger partial charge on any atom is 0.408 e. The van der Waals surface area contributed by atoms with E-state index in [-0.39, 0.29) is 6.67 Å². The summed E-state index contributed by atoms with van der Waals surface area (Å²) in [5.74, 6) is 0.972. The Morgan fingerprint density at radius 1 is 1.29 bits per heavy atom. The number of aromatic amines is 1. The smallest absolute Gasteiger partial charge is 0.347 e. The third-order valence-electron chi connectivity index (χ3n) is 4.14. The zero-order valence-corrected chi connectivity index (χ0v) is 12.6. The van der Waals surface area contributed by atoms with Crippen LogP contribution < -0.4 is 4.90 Å². The molecule has 0 aromatic carbocycles. The summed E-state index contributed by atoms with van der Waals surface area (Å²) in [6, 6.07) is -1.63. The number of aromatic nitrogens is 4. The summed E-state index contributed by atoms with van der Waals surface area (Å²) < 4.78 is 41.0. The van der Waals surface area contributed by atoms with Crippen LogP contribution in [0.3, 0.4) is 0 Å². The van der Waals surface area contributed by atoms with Crippen LogP contribution in [0.1, 0.15) is 12.5 Å². The summed E-state index contributed by atoms with van der Waals surface area (Å²) in [5, 5.41) is 0. The van der Waals surface area contributed by atoms with Gasteiger partial charge in [0, 0.05) is 53.9 Å². The van der Waals surface area contributed by atoms with E-state index in [0.29, 0.717) is 17.2 Å². The fourth-order valence-electron chi connectivity index (χ4n) is 2.77. The number of halogens is 3. The number of nitrogens with one attached hydrogen (secondary N) is 1. The quantitative estimate of drug-likeness (QED) is 0.784. The minimum atomic E-state index is -4.33. The third-order valence-corrected chi connectivity index (χ3v) is 4.14. The summed E-state index contributed by atoms with van der Waals surface area (Å²) >= 11 is 0. The van der Waals surface area contributed by atoms with Crippen molar-refractivity contribution in [2.24, 2.45) is 4.99 Å². The molecular weight excluding hydrogens is 321 g/mol. The van der Waals surface area contributed by atoms with Crippen molar-refractivity contribution in [2.75, 3.05) is 11.6 Å². The summed E-state index contributed by atoms with van der Waals surface area (Å²) in [4.78, 5) is 16.6. The number of anilines is 1. The number of nitrogens with zero attached hydrogens (tertiary/aromatic N) is 5. The molecule has 24 heavy (non-hydrogen) atoms. The van der Waals surface area contributed by atoms with Crippen LogP contribution in [-0.2, 0) is 0 Å². The first kappa shape index (κ1) is 14.7. The normalized spacial score (nSPS) is 15.8. The second-order valence-corrected chi connectivity index (χ2v) is 5.58. The van der Waals surface area contributed by atoms with Gasteiger partial charge in [-0.1, -0.05) is 0 Å². The predicted octanol–water partition coefficient (Wildman–Crippen LogP) is 2.87. The minimum Gasteiger partial charge on any atom is -0.347 e. The Kier molecular flexibility index (Phi) is 3.12. The van der Waals surface area contributed by atoms with Gasteiger partial charge in [0.25, 0.3) is 0 Å². The van der Waals surface area contributed by atoms with Crippen LogP contribution in [0, 0.1) is 0 Å². The van der Waals surface area contributed by atoms with Crippen molar-refractivity contribution in [3.8, 4) is 11.1 Å². The van der Waals surface area contributed by atoms with Gasteiger partial charge in [-0.05, 0) is 6.92 Å². The highest BCUT2D eigenvalue weighted by atomic mass is 19.4. The van der Waals surface area contributed by atoms with Gasteiger partial charge in [0.1, 0.15) is 18.5 Å². The first-order valence-electron chi connectivity index (χ1n) is 7.29. The van der Waals surface area contributed by atoms with Crippen molar-refractivity contribution < 1.29 is 13.2 Å². The van der Waals surface area contributed by atoms with Gasteiger partial charge in [-0.2, -0.15) is 13.2 Å². The highest BCUT2D eigenvalue weighted by Gasteiger charge is 2.42. The zero-order valence-electron chi connectivity index (χ0n) is 12.6. The molecule has 9 heteroatoms. The molecule has 1 aliphatic rings. The van der Waals surface area contributed by atoms with E-state index in [2.05, 4.69) is 19.9 Å². The average Bonchev–Trinajstić information content (AvgIpc) is 3.18. The molecule has 0 spiro atoms. The van der Waals surface area contributed by atoms with Crippen molar-refractivity contribution in [2.45, 2.75) is 19.1 Å². The maximum atomic E-state index is 13.1. The van der Waals surface area contributed by atoms with E-state index in [0.717, 1.165) is 18.1 Å². The van der Waals surface area contributed by atoms with E-state index in [9.17, 15) is 13.2 Å². The monoisotopic (exact) mass is 334 g/mol. The molecule has 4 rings (SSSR count). The molecule has 0 amide bonds. The number of hydrogen-bond donors (Lipinski definition) is 1. The molecule has 0 saturated heterocycles. The van der Waals surface area contributed by atoms with Crippen LogP contribution >= 0.6 is 0 Å². The third kappa shape index (κ3) is 2.24. The van der Waals surface area contributed by atoms with Crippen molar-refractivity contribution in [1.29, 1.82) is 0 Å². The molecule has 0 saturated carbocycles. The molecule has 6 nitrogen and oxygen atoms in total. The van der Waals surface area contributed by atoms with Gasteiger partial charge < -0.3 is 9.88 Å². The fourth-order valence-corrected chi connectivity index (χ4v) is 2.77. The Balaban J connectivity index is 1.78. The summed E-state index contributed by atoms with van der Waals surface area (Å²) in [5.41, 5.74) is 2.14. The van der Waals surface area contributed by atoms with Gasteiger partial charge in [0.15, 0.2) is 0 Å². The Bertz CT molecular complexity index is 923. The van der Waals surface area contributed by atoms with E-state index >= 15 is 0 Å². The van der Waals surface area contributed by atoms with Crippen LogP contribution in [0.2, 0.25) is 0 Å². The van der Waals surface area contributed by atoms with Gasteiger partial charge in [0.05, 0.1) is 0 Å². The largest absolute Gasteiger partial charge is 0.408 e. The Hall–Kier alpha value is -2.84. The maximum absolute atomic E-state index is 13.1. The molecule has 0 aliphatic carbocycles. The number of alkyl halides is 3. The standard InChI is InChI=1S/C15H13F3N6/c1-9(15(16,17)18)24-8-19-5-12-11(6-21-13(12)24)10-4-22-14-20-2-3-23(14)7-10/h2-7,9,21H,8H2,1H3/t9-/m0/s1. The highest BCUT2D eigenvalue weighted by Crippen LogP contribution is 2.35. The first-order valence-corrected chi connectivity index (χ1v) is 7.29. The topological polar surface area (TPSA) is 61.6 Å². The molecule has 3 aromatic heterocycles. The van der Waals surface area contributed by atoms with Gasteiger partial charge in [-0.15, -0.1) is 0 Å². The van der Waals surface area contributed by atoms with Crippen LogP contribution in [0.5, 0.6) is 0 Å². The second-order valence-electron chi connectivity index (χ2n) is 5.58. The van der Waals surface area contributed by atoms with Gasteiger partial charge in [0.2, 0.25) is 5.78 Å². The van der Waals surface area contributed by atoms with Crippen molar-refractivity contribution in [3.05, 3.63) is 36.5 Å². The number of fused-ring (bicyclic) bond motifs is 2. The van der Waals surface area contributed by atoms with Gasteiger partial charge in [-0.25, -0.2) is 9.97 Å². The minimum absolute atomic E-state index is 0.0353. The van der Waals surface area contributed by atoms with Crippen molar-refractivity contribution >= 4 is 17.8 Å². The SMILES string of the molecule is C[C@H](N1CN=Cc2c(-c3cnc4nccn4c3)c[nH]c21)C(F)(F)F. The lowest BCUT2D eigenvalue weighted by Gasteiger charge is -2.32. The van der Waals surface area contributed by atoms with E-state index in [1.54, 1.807) is 35.4 Å². The van der Waals surface area contributed by atoms with E-state index in [1.807, 2.05) is 6.20 Å². The van der Waals surface area contributed by atoms with Gasteiger partial charge in [-0.3, -0.25) is 9.39 Å². The molecule has 1 atom stereocenters. The molecule has 0 radical (unpaired) electrons. The van der Waals surface area contributed by atoms with Crippen molar-refractivity contribution in [1.82, 2.24) is 19.4 Å². The lowest BCUT2D eigenvalue weighted by Crippen LogP contribution is -2.45. The molecule has 3 aromatic rings. The summed E-state index contributed by atoms with van der Waals surface area (Å²) in [6.07, 6.45) is 5.82. The molecule has 0 fully saturated rings. The Morgan fingerprint density at radius 3 is 2.92 bits per heavy atom. The first-order chi connectivity index (χ1) is 11.4. The van der Waals surface area contributed by atoms with Gasteiger partial charge >= 0.3 is 6.18 Å². The number of aliphatic imine (C=N–C) groups is 1. The highest BCUT2D eigenvalue weighted by molar-refractivity contribution is 5.97. The fraction of sp³-hybridized carbons (Fsp3) is 0.267. The van der Waals surface area contributed by atoms with E-state index < -0.39 is 12.2 Å². The molecule has 124 valence electrons. The van der Waals surface area contributed by atoms with Crippen LogP contribution in [-0.4, -0.2) is 44.5 Å². The van der Waals surface area contributed by atoms with Crippen molar-refractivity contribution in [3.63, 3.8) is 0 Å². The summed E-state index contributed by atoms with van der Waals surface area (Å²) in [7, 11) is 0. The number of hydrogen-bond acceptors (Lipinski definition) is 4. The summed E-state index contributed by atoms with van der Waals surface area (Å²) in [6.45, 7) is 1.09. The lowest BCUT2D eigenvalue weighted by atomic mass is 10.1. The second kappa shape index (κ2) is 5.08.